The first kappa shape index (κ1) is 14.0. The van der Waals surface area contributed by atoms with Crippen LogP contribution in [0.15, 0.2) is 40.9 Å². The van der Waals surface area contributed by atoms with Crippen LogP contribution in [0.1, 0.15) is 33.1 Å². The third kappa shape index (κ3) is 4.03. The molecular formula is C15H23N3O. The Morgan fingerprint density at radius 3 is 2.79 bits per heavy atom. The lowest BCUT2D eigenvalue weighted by Crippen LogP contribution is -2.32. The Morgan fingerprint density at radius 1 is 1.37 bits per heavy atom. The topological polar surface area (TPSA) is 44.7 Å². The van der Waals surface area contributed by atoms with Gasteiger partial charge in [-0.3, -0.25) is 0 Å². The van der Waals surface area contributed by atoms with Crippen molar-refractivity contribution in [2.75, 3.05) is 13.1 Å². The fourth-order valence-electron chi connectivity index (χ4n) is 2.37. The third-order valence-corrected chi connectivity index (χ3v) is 3.77. The highest BCUT2D eigenvalue weighted by Gasteiger charge is 2.14. The lowest BCUT2D eigenvalue weighted by atomic mass is 10.0. The Hall–Kier alpha value is -1.42. The average Bonchev–Trinajstić information content (AvgIpc) is 2.43. The van der Waals surface area contributed by atoms with E-state index in [0.29, 0.717) is 18.5 Å². The van der Waals surface area contributed by atoms with Crippen LogP contribution in [0.3, 0.4) is 0 Å². The van der Waals surface area contributed by atoms with Gasteiger partial charge in [0.1, 0.15) is 0 Å². The molecule has 1 aliphatic heterocycles. The average molecular weight is 261 g/mol. The van der Waals surface area contributed by atoms with Crippen molar-refractivity contribution < 1.29 is 0 Å². The summed E-state index contributed by atoms with van der Waals surface area (Å²) >= 11 is 0. The zero-order chi connectivity index (χ0) is 13.7. The summed E-state index contributed by atoms with van der Waals surface area (Å²) in [4.78, 5) is 11.0. The molecule has 0 aromatic heterocycles. The Kier molecular flexibility index (Phi) is 4.91. The highest BCUT2D eigenvalue weighted by atomic mass is 16.3. The van der Waals surface area contributed by atoms with Crippen LogP contribution in [0, 0.1) is 10.8 Å². The lowest BCUT2D eigenvalue weighted by molar-refractivity contribution is 0.365. The van der Waals surface area contributed by atoms with Gasteiger partial charge in [0.25, 0.3) is 0 Å². The predicted octanol–water partition coefficient (Wildman–Crippen LogP) is 3.15. The Bertz CT molecular complexity index is 412. The number of hydrogen-bond donors (Lipinski definition) is 1. The van der Waals surface area contributed by atoms with Crippen molar-refractivity contribution >= 4 is 0 Å². The molecule has 2 rings (SSSR count). The highest BCUT2D eigenvalue weighted by molar-refractivity contribution is 5.22. The zero-order valence-electron chi connectivity index (χ0n) is 11.8. The van der Waals surface area contributed by atoms with Gasteiger partial charge in [-0.1, -0.05) is 30.7 Å². The van der Waals surface area contributed by atoms with Crippen molar-refractivity contribution in [1.29, 1.82) is 0 Å². The molecule has 0 spiro atoms. The normalized spacial score (nSPS) is 26.6. The second kappa shape index (κ2) is 6.66. The van der Waals surface area contributed by atoms with Gasteiger partial charge >= 0.3 is 0 Å². The van der Waals surface area contributed by atoms with E-state index in [9.17, 15) is 4.91 Å². The number of rotatable bonds is 5. The van der Waals surface area contributed by atoms with Gasteiger partial charge in [-0.05, 0) is 38.2 Å². The molecule has 104 valence electrons. The van der Waals surface area contributed by atoms with Gasteiger partial charge in [-0.15, -0.1) is 4.91 Å². The van der Waals surface area contributed by atoms with Crippen LogP contribution in [0.4, 0.5) is 0 Å². The minimum absolute atomic E-state index is 0.559. The largest absolute Gasteiger partial charge is 0.310 e. The molecule has 1 aliphatic carbocycles. The molecule has 19 heavy (non-hydrogen) atoms. The Balaban J connectivity index is 1.86. The van der Waals surface area contributed by atoms with Gasteiger partial charge in [0, 0.05) is 19.1 Å². The van der Waals surface area contributed by atoms with Crippen LogP contribution < -0.4 is 5.32 Å². The molecule has 4 heteroatoms. The first-order chi connectivity index (χ1) is 9.19. The molecule has 0 amide bonds. The maximum absolute atomic E-state index is 11.0. The maximum Gasteiger partial charge on any atom is 0.0583 e. The number of allylic oxidation sites excluding steroid dienone is 3. The predicted molar refractivity (Wildman–Crippen MR) is 78.3 cm³/mol. The molecule has 0 radical (unpaired) electrons. The third-order valence-electron chi connectivity index (χ3n) is 3.77. The standard InChI is InChI=1S/C15H23N3O/c1-12-3-7-15(8-4-12)18(17-19)10-9-14-6-5-13(2)16-11-14/h3,6-8,12-13,16H,4-5,9-11H2,1-2H3. The van der Waals surface area contributed by atoms with Crippen molar-refractivity contribution in [3.05, 3.63) is 40.5 Å². The Morgan fingerprint density at radius 2 is 2.21 bits per heavy atom. The van der Waals surface area contributed by atoms with E-state index in [-0.39, 0.29) is 0 Å². The first-order valence-corrected chi connectivity index (χ1v) is 7.09. The molecule has 2 aliphatic rings. The number of nitroso groups, excluding NO2 is 1. The summed E-state index contributed by atoms with van der Waals surface area (Å²) in [5.74, 6) is 0.559. The fraction of sp³-hybridized carbons (Fsp3) is 0.600. The lowest BCUT2D eigenvalue weighted by Gasteiger charge is -2.23. The van der Waals surface area contributed by atoms with Crippen LogP contribution in [0.2, 0.25) is 0 Å². The molecule has 0 aromatic carbocycles. The Labute approximate surface area is 115 Å². The van der Waals surface area contributed by atoms with E-state index < -0.39 is 0 Å². The second-order valence-corrected chi connectivity index (χ2v) is 5.54. The van der Waals surface area contributed by atoms with E-state index >= 15 is 0 Å². The second-order valence-electron chi connectivity index (χ2n) is 5.54. The number of nitrogens with zero attached hydrogens (tertiary/aromatic N) is 2. The number of hydrogen-bond acceptors (Lipinski definition) is 3. The monoisotopic (exact) mass is 261 g/mol. The van der Waals surface area contributed by atoms with E-state index in [1.807, 2.05) is 6.08 Å². The first-order valence-electron chi connectivity index (χ1n) is 7.09. The van der Waals surface area contributed by atoms with Gasteiger partial charge in [-0.2, -0.15) is 0 Å². The molecule has 0 saturated heterocycles. The molecule has 0 fully saturated rings. The summed E-state index contributed by atoms with van der Waals surface area (Å²) in [6.45, 7) is 5.95. The summed E-state index contributed by atoms with van der Waals surface area (Å²) < 4.78 is 0. The van der Waals surface area contributed by atoms with Gasteiger partial charge in [0.2, 0.25) is 0 Å². The molecular weight excluding hydrogens is 238 g/mol. The van der Waals surface area contributed by atoms with Crippen LogP contribution in [-0.2, 0) is 0 Å². The van der Waals surface area contributed by atoms with Crippen molar-refractivity contribution in [3.8, 4) is 0 Å². The smallest absolute Gasteiger partial charge is 0.0583 e. The van der Waals surface area contributed by atoms with E-state index in [1.54, 1.807) is 5.01 Å². The molecule has 0 saturated carbocycles. The van der Waals surface area contributed by atoms with Gasteiger partial charge in [0.15, 0.2) is 0 Å². The maximum atomic E-state index is 11.0. The molecule has 0 aromatic rings. The summed E-state index contributed by atoms with van der Waals surface area (Å²) in [6, 6.07) is 0.564. The summed E-state index contributed by atoms with van der Waals surface area (Å²) in [7, 11) is 0. The van der Waals surface area contributed by atoms with Gasteiger partial charge < -0.3 is 5.32 Å². The zero-order valence-corrected chi connectivity index (χ0v) is 11.8. The minimum atomic E-state index is 0.559. The van der Waals surface area contributed by atoms with Crippen molar-refractivity contribution in [1.82, 2.24) is 10.3 Å². The summed E-state index contributed by atoms with van der Waals surface area (Å²) in [5, 5.41) is 8.16. The van der Waals surface area contributed by atoms with E-state index in [1.165, 1.54) is 5.57 Å². The minimum Gasteiger partial charge on any atom is -0.310 e. The van der Waals surface area contributed by atoms with Crippen LogP contribution >= 0.6 is 0 Å². The van der Waals surface area contributed by atoms with Crippen molar-refractivity contribution in [2.45, 2.75) is 39.2 Å². The van der Waals surface area contributed by atoms with Gasteiger partial charge in [0.05, 0.1) is 11.0 Å². The van der Waals surface area contributed by atoms with Crippen LogP contribution in [-0.4, -0.2) is 24.1 Å². The van der Waals surface area contributed by atoms with Crippen molar-refractivity contribution in [2.24, 2.45) is 11.2 Å². The molecule has 2 atom stereocenters. The molecule has 1 N–H and O–H groups in total. The fourth-order valence-corrected chi connectivity index (χ4v) is 2.37. The quantitative estimate of drug-likeness (QED) is 0.470. The molecule has 4 nitrogen and oxygen atoms in total. The van der Waals surface area contributed by atoms with E-state index in [4.69, 9.17) is 0 Å². The van der Waals surface area contributed by atoms with Crippen molar-refractivity contribution in [3.63, 3.8) is 0 Å². The van der Waals surface area contributed by atoms with Gasteiger partial charge in [-0.25, -0.2) is 5.01 Å². The van der Waals surface area contributed by atoms with E-state index in [2.05, 4.69) is 42.7 Å². The van der Waals surface area contributed by atoms with E-state index in [0.717, 1.165) is 31.5 Å². The van der Waals surface area contributed by atoms with Crippen LogP contribution in [0.25, 0.3) is 0 Å². The SMILES string of the molecule is CC1C=CC(N(CCC2=CCC(C)NC2)N=O)=CC1. The molecule has 2 unspecified atom stereocenters. The number of nitrogens with one attached hydrogen (secondary N) is 1. The summed E-state index contributed by atoms with van der Waals surface area (Å²) in [6.07, 6.45) is 11.5. The van der Waals surface area contributed by atoms with Crippen LogP contribution in [0.5, 0.6) is 0 Å². The molecule has 1 heterocycles. The molecule has 0 bridgehead atoms. The highest BCUT2D eigenvalue weighted by Crippen LogP contribution is 2.20. The summed E-state index contributed by atoms with van der Waals surface area (Å²) in [5.41, 5.74) is 2.31.